The number of anilines is 2. The Hall–Kier alpha value is -2.77. The van der Waals surface area contributed by atoms with Crippen molar-refractivity contribution in [1.82, 2.24) is 24.2 Å². The molecule has 33 heavy (non-hydrogen) atoms. The summed E-state index contributed by atoms with van der Waals surface area (Å²) in [6.07, 6.45) is 1.95. The molecule has 0 radical (unpaired) electrons. The van der Waals surface area contributed by atoms with Crippen LogP contribution in [-0.2, 0) is 16.6 Å². The molecule has 0 saturated carbocycles. The van der Waals surface area contributed by atoms with Crippen molar-refractivity contribution in [3.8, 4) is 11.5 Å². The molecular weight excluding hydrogens is 466 g/mol. The third kappa shape index (κ3) is 4.80. The van der Waals surface area contributed by atoms with E-state index in [1.54, 1.807) is 13.8 Å². The fourth-order valence-electron chi connectivity index (χ4n) is 3.27. The van der Waals surface area contributed by atoms with Crippen LogP contribution in [0.3, 0.4) is 0 Å². The molecule has 3 heterocycles. The van der Waals surface area contributed by atoms with Crippen molar-refractivity contribution in [2.75, 3.05) is 38.1 Å². The maximum Gasteiger partial charge on any atom is 0.231 e. The van der Waals surface area contributed by atoms with Gasteiger partial charge in [-0.1, -0.05) is 0 Å². The molecular formula is C20H27N7O4S2. The summed E-state index contributed by atoms with van der Waals surface area (Å²) in [5, 5.41) is 0.187. The lowest BCUT2D eigenvalue weighted by Crippen LogP contribution is -2.31. The van der Waals surface area contributed by atoms with Crippen LogP contribution in [0, 0.1) is 0 Å². The van der Waals surface area contributed by atoms with Crippen molar-refractivity contribution in [2.24, 2.45) is 0 Å². The molecule has 0 saturated heterocycles. The van der Waals surface area contributed by atoms with E-state index in [1.165, 1.54) is 18.1 Å². The van der Waals surface area contributed by atoms with Crippen molar-refractivity contribution in [2.45, 2.75) is 42.1 Å². The fraction of sp³-hybridized carbons (Fsp3) is 0.450. The number of rotatable bonds is 9. The van der Waals surface area contributed by atoms with Crippen LogP contribution in [0.15, 0.2) is 28.5 Å². The number of fused-ring (bicyclic) bond motifs is 2. The highest BCUT2D eigenvalue weighted by Crippen LogP contribution is 2.44. The van der Waals surface area contributed by atoms with Gasteiger partial charge in [-0.05, 0) is 32.0 Å². The highest BCUT2D eigenvalue weighted by molar-refractivity contribution is 7.99. The Morgan fingerprint density at radius 1 is 1.24 bits per heavy atom. The first kappa shape index (κ1) is 23.4. The molecule has 3 aromatic rings. The topological polar surface area (TPSA) is 137 Å². The van der Waals surface area contributed by atoms with Gasteiger partial charge < -0.3 is 24.7 Å². The predicted octanol–water partition coefficient (Wildman–Crippen LogP) is 2.07. The number of nitrogens with two attached hydrogens (primary N) is 1. The summed E-state index contributed by atoms with van der Waals surface area (Å²) in [5.41, 5.74) is 8.12. The van der Waals surface area contributed by atoms with Gasteiger partial charge in [0, 0.05) is 44.2 Å². The second-order valence-corrected chi connectivity index (χ2v) is 11.3. The van der Waals surface area contributed by atoms with E-state index in [1.807, 2.05) is 35.7 Å². The lowest BCUT2D eigenvalue weighted by Gasteiger charge is -2.18. The molecule has 1 aliphatic rings. The number of ether oxygens (including phenoxy) is 2. The molecule has 1 aromatic carbocycles. The van der Waals surface area contributed by atoms with Gasteiger partial charge in [0.15, 0.2) is 33.6 Å². The average molecular weight is 494 g/mol. The number of hydrogen-bond acceptors (Lipinski definition) is 10. The maximum atomic E-state index is 12.1. The summed E-state index contributed by atoms with van der Waals surface area (Å²) in [5.74, 6) is 1.66. The van der Waals surface area contributed by atoms with Gasteiger partial charge in [0.25, 0.3) is 0 Å². The van der Waals surface area contributed by atoms with Crippen molar-refractivity contribution in [3.05, 3.63) is 18.5 Å². The van der Waals surface area contributed by atoms with Crippen molar-refractivity contribution < 1.29 is 17.9 Å². The van der Waals surface area contributed by atoms with Gasteiger partial charge in [-0.3, -0.25) is 0 Å². The second kappa shape index (κ2) is 9.23. The minimum atomic E-state index is -3.33. The summed E-state index contributed by atoms with van der Waals surface area (Å²) < 4.78 is 39.8. The molecule has 0 unspecified atom stereocenters. The third-order valence-electron chi connectivity index (χ3n) is 5.14. The van der Waals surface area contributed by atoms with Crippen LogP contribution < -0.4 is 24.8 Å². The smallest absolute Gasteiger partial charge is 0.231 e. The first-order valence-electron chi connectivity index (χ1n) is 10.4. The minimum Gasteiger partial charge on any atom is -0.454 e. The van der Waals surface area contributed by atoms with Crippen molar-refractivity contribution in [3.63, 3.8) is 0 Å². The monoisotopic (exact) mass is 493 g/mol. The van der Waals surface area contributed by atoms with E-state index in [9.17, 15) is 8.42 Å². The quantitative estimate of drug-likeness (QED) is 0.426. The molecule has 0 bridgehead atoms. The molecule has 178 valence electrons. The Bertz CT molecular complexity index is 1280. The summed E-state index contributed by atoms with van der Waals surface area (Å²) in [7, 11) is 0.581. The van der Waals surface area contributed by atoms with Crippen LogP contribution in [0.4, 0.5) is 11.5 Å². The van der Waals surface area contributed by atoms with E-state index in [2.05, 4.69) is 14.7 Å². The van der Waals surface area contributed by atoms with E-state index < -0.39 is 15.3 Å². The highest BCUT2D eigenvalue weighted by Gasteiger charge is 2.22. The zero-order valence-electron chi connectivity index (χ0n) is 18.9. The molecule has 13 heteroatoms. The number of sulfonamides is 1. The van der Waals surface area contributed by atoms with E-state index in [0.717, 1.165) is 10.6 Å². The van der Waals surface area contributed by atoms with E-state index >= 15 is 0 Å². The van der Waals surface area contributed by atoms with Gasteiger partial charge in [-0.25, -0.2) is 28.1 Å². The molecule has 0 fully saturated rings. The zero-order valence-corrected chi connectivity index (χ0v) is 20.5. The second-order valence-electron chi connectivity index (χ2n) is 7.99. The maximum absolute atomic E-state index is 12.1. The highest BCUT2D eigenvalue weighted by atomic mass is 32.2. The number of nitrogens with zero attached hydrogens (tertiary/aromatic N) is 5. The van der Waals surface area contributed by atoms with E-state index in [-0.39, 0.29) is 6.79 Å². The normalized spacial score (nSPS) is 13.2. The predicted molar refractivity (Wildman–Crippen MR) is 127 cm³/mol. The van der Waals surface area contributed by atoms with Gasteiger partial charge >= 0.3 is 0 Å². The number of nitrogen functional groups attached to an aromatic ring is 1. The minimum absolute atomic E-state index is 0.188. The van der Waals surface area contributed by atoms with Crippen molar-refractivity contribution in [1.29, 1.82) is 0 Å². The Kier molecular flexibility index (Phi) is 6.54. The van der Waals surface area contributed by atoms with Crippen molar-refractivity contribution >= 4 is 44.5 Å². The van der Waals surface area contributed by atoms with Gasteiger partial charge in [-0.15, -0.1) is 0 Å². The SMILES string of the molecule is CC(C)S(=O)(=O)NCCCn1c(Sc2cc3c(cc2N(C)C)OCO3)nc2c(N)ncnc21. The van der Waals surface area contributed by atoms with Crippen LogP contribution in [0.1, 0.15) is 20.3 Å². The molecule has 4 rings (SSSR count). The number of nitrogens with one attached hydrogen (secondary N) is 1. The number of hydrogen-bond donors (Lipinski definition) is 2. The number of aryl methyl sites for hydroxylation is 1. The molecule has 0 atom stereocenters. The van der Waals surface area contributed by atoms with Gasteiger partial charge in [0.05, 0.1) is 10.9 Å². The lowest BCUT2D eigenvalue weighted by molar-refractivity contribution is 0.174. The molecule has 3 N–H and O–H groups in total. The van der Waals surface area contributed by atoms with E-state index in [0.29, 0.717) is 53.1 Å². The molecule has 2 aromatic heterocycles. The largest absolute Gasteiger partial charge is 0.454 e. The third-order valence-corrected chi connectivity index (χ3v) is 8.03. The number of aromatic nitrogens is 4. The number of imidazole rings is 1. The molecule has 1 aliphatic heterocycles. The lowest BCUT2D eigenvalue weighted by atomic mass is 10.2. The molecule has 0 aliphatic carbocycles. The Morgan fingerprint density at radius 2 is 1.97 bits per heavy atom. The first-order chi connectivity index (χ1) is 15.7. The van der Waals surface area contributed by atoms with Gasteiger partial charge in [0.2, 0.25) is 16.8 Å². The summed E-state index contributed by atoms with van der Waals surface area (Å²) in [6, 6.07) is 3.87. The fourth-order valence-corrected chi connectivity index (χ4v) is 5.17. The van der Waals surface area contributed by atoms with Crippen LogP contribution in [0.2, 0.25) is 0 Å². The first-order valence-corrected chi connectivity index (χ1v) is 12.8. The standard InChI is InChI=1S/C20H27N7O4S2/c1-12(2)33(28,29)24-6-5-7-27-19-17(18(21)22-10-23-19)25-20(27)32-16-9-15-14(30-11-31-15)8-13(16)26(3)4/h8-10,12,24H,5-7,11H2,1-4H3,(H2,21,22,23). The van der Waals surface area contributed by atoms with Crippen LogP contribution in [-0.4, -0.2) is 60.6 Å². The number of benzene rings is 1. The average Bonchev–Trinajstić information content (AvgIpc) is 3.35. The van der Waals surface area contributed by atoms with Crippen LogP contribution >= 0.6 is 11.8 Å². The van der Waals surface area contributed by atoms with Crippen LogP contribution in [0.25, 0.3) is 11.2 Å². The summed E-state index contributed by atoms with van der Waals surface area (Å²) in [4.78, 5) is 16.1. The molecule has 0 spiro atoms. The Morgan fingerprint density at radius 3 is 2.67 bits per heavy atom. The van der Waals surface area contributed by atoms with Crippen LogP contribution in [0.5, 0.6) is 11.5 Å². The van der Waals surface area contributed by atoms with E-state index in [4.69, 9.17) is 20.2 Å². The zero-order chi connectivity index (χ0) is 23.8. The summed E-state index contributed by atoms with van der Waals surface area (Å²) >= 11 is 1.45. The summed E-state index contributed by atoms with van der Waals surface area (Å²) in [6.45, 7) is 4.28. The van der Waals surface area contributed by atoms with Gasteiger partial charge in [0.1, 0.15) is 6.33 Å². The molecule has 0 amide bonds. The molecule has 11 nitrogen and oxygen atoms in total. The Balaban J connectivity index is 1.65. The van der Waals surface area contributed by atoms with Gasteiger partial charge in [-0.2, -0.15) is 0 Å². The Labute approximate surface area is 196 Å².